The van der Waals surface area contributed by atoms with Crippen molar-refractivity contribution in [2.45, 2.75) is 50.3 Å². The van der Waals surface area contributed by atoms with E-state index in [2.05, 4.69) is 10.6 Å². The number of aliphatic hydroxyl groups is 1. The molecule has 5 nitrogen and oxygen atoms in total. The zero-order valence-corrected chi connectivity index (χ0v) is 11.6. The van der Waals surface area contributed by atoms with Crippen LogP contribution in [0, 0.1) is 0 Å². The first kappa shape index (κ1) is 15.2. The zero-order chi connectivity index (χ0) is 13.3. The highest BCUT2D eigenvalue weighted by Crippen LogP contribution is 2.25. The van der Waals surface area contributed by atoms with Crippen molar-refractivity contribution >= 4 is 18.7 Å². The zero-order valence-electron chi connectivity index (χ0n) is 10.8. The van der Waals surface area contributed by atoms with E-state index >= 15 is 0 Å². The van der Waals surface area contributed by atoms with Gasteiger partial charge in [-0.05, 0) is 27.7 Å². The first-order valence-electron chi connectivity index (χ1n) is 5.82. The molecule has 0 aromatic carbocycles. The van der Waals surface area contributed by atoms with E-state index in [1.54, 1.807) is 27.7 Å². The second-order valence-corrected chi connectivity index (χ2v) is 6.00. The summed E-state index contributed by atoms with van der Waals surface area (Å²) in [6, 6.07) is 0. The summed E-state index contributed by atoms with van der Waals surface area (Å²) in [6.45, 7) is 7.89. The Morgan fingerprint density at radius 3 is 2.24 bits per heavy atom. The van der Waals surface area contributed by atoms with E-state index in [4.69, 9.17) is 16.3 Å². The lowest BCUT2D eigenvalue weighted by Gasteiger charge is -2.40. The molecule has 0 saturated carbocycles. The third-order valence-corrected chi connectivity index (χ3v) is 3.66. The van der Waals surface area contributed by atoms with Crippen LogP contribution >= 0.6 is 11.6 Å². The average molecular weight is 265 g/mol. The van der Waals surface area contributed by atoms with Crippen molar-refractivity contribution in [2.24, 2.45) is 0 Å². The topological polar surface area (TPSA) is 73.8 Å². The summed E-state index contributed by atoms with van der Waals surface area (Å²) < 4.78 is 5.54. The fraction of sp³-hybridized carbons (Fsp3) is 1.00. The third kappa shape index (κ3) is 4.08. The van der Waals surface area contributed by atoms with Crippen LogP contribution in [-0.4, -0.2) is 53.0 Å². The maximum Gasteiger partial charge on any atom is 0.474 e. The first-order valence-corrected chi connectivity index (χ1v) is 6.26. The van der Waals surface area contributed by atoms with Crippen LogP contribution in [0.15, 0.2) is 0 Å². The van der Waals surface area contributed by atoms with Crippen molar-refractivity contribution in [3.8, 4) is 0 Å². The second kappa shape index (κ2) is 5.42. The van der Waals surface area contributed by atoms with E-state index in [-0.39, 0.29) is 11.4 Å². The van der Waals surface area contributed by atoms with Crippen LogP contribution in [0.3, 0.4) is 0 Å². The standard InChI is InChI=1S/C10H22BClN2O3/c1-9(2,15)10(3,4)17-11(16)7-5-14-8(12)6-13-7/h7-8,13-16H,5-6H2,1-4H3. The van der Waals surface area contributed by atoms with Gasteiger partial charge in [-0.2, -0.15) is 0 Å². The highest BCUT2D eigenvalue weighted by atomic mass is 35.5. The number of hydrogen-bond acceptors (Lipinski definition) is 5. The lowest BCUT2D eigenvalue weighted by molar-refractivity contribution is -0.101. The average Bonchev–Trinajstić information content (AvgIpc) is 2.16. The Bertz CT molecular complexity index is 252. The molecule has 1 rings (SSSR count). The molecule has 1 aliphatic heterocycles. The van der Waals surface area contributed by atoms with Crippen LogP contribution in [0.1, 0.15) is 27.7 Å². The van der Waals surface area contributed by atoms with Crippen LogP contribution in [0.25, 0.3) is 0 Å². The summed E-state index contributed by atoms with van der Waals surface area (Å²) in [5.74, 6) is -0.230. The summed E-state index contributed by atoms with van der Waals surface area (Å²) in [7, 11) is -0.993. The Balaban J connectivity index is 2.51. The summed E-state index contributed by atoms with van der Waals surface area (Å²) in [5, 5.41) is 26.1. The van der Waals surface area contributed by atoms with Gasteiger partial charge in [0.1, 0.15) is 0 Å². The van der Waals surface area contributed by atoms with E-state index in [1.807, 2.05) is 0 Å². The molecule has 1 fully saturated rings. The molecular formula is C10H22BClN2O3. The molecule has 1 heterocycles. The van der Waals surface area contributed by atoms with Gasteiger partial charge in [-0.25, -0.2) is 0 Å². The van der Waals surface area contributed by atoms with Gasteiger partial charge < -0.3 is 20.1 Å². The van der Waals surface area contributed by atoms with Crippen LogP contribution in [0.4, 0.5) is 0 Å². The molecule has 100 valence electrons. The van der Waals surface area contributed by atoms with Crippen LogP contribution in [0.5, 0.6) is 0 Å². The SMILES string of the molecule is CC(C)(O)C(C)(C)OB(O)C1CNC(Cl)CN1. The monoisotopic (exact) mass is 264 g/mol. The van der Waals surface area contributed by atoms with Gasteiger partial charge in [0.15, 0.2) is 0 Å². The number of alkyl halides is 1. The van der Waals surface area contributed by atoms with Crippen molar-refractivity contribution in [1.82, 2.24) is 10.6 Å². The summed E-state index contributed by atoms with van der Waals surface area (Å²) in [6.07, 6.45) is 0. The molecule has 2 unspecified atom stereocenters. The Kier molecular flexibility index (Phi) is 4.85. The van der Waals surface area contributed by atoms with Gasteiger partial charge in [-0.15, -0.1) is 11.6 Å². The molecule has 2 atom stereocenters. The molecule has 0 bridgehead atoms. The van der Waals surface area contributed by atoms with E-state index in [0.717, 1.165) is 0 Å². The van der Waals surface area contributed by atoms with Gasteiger partial charge in [0.25, 0.3) is 0 Å². The van der Waals surface area contributed by atoms with E-state index in [1.165, 1.54) is 0 Å². The lowest BCUT2D eigenvalue weighted by atomic mass is 9.75. The summed E-state index contributed by atoms with van der Waals surface area (Å²) >= 11 is 5.86. The normalized spacial score (nSPS) is 27.0. The van der Waals surface area contributed by atoms with Gasteiger partial charge in [-0.3, -0.25) is 5.32 Å². The molecule has 1 saturated heterocycles. The smallest absolute Gasteiger partial charge is 0.426 e. The Morgan fingerprint density at radius 1 is 1.24 bits per heavy atom. The highest BCUT2D eigenvalue weighted by molar-refractivity contribution is 6.45. The minimum Gasteiger partial charge on any atom is -0.426 e. The molecule has 0 amide bonds. The fourth-order valence-corrected chi connectivity index (χ4v) is 1.56. The van der Waals surface area contributed by atoms with Gasteiger partial charge >= 0.3 is 7.12 Å². The van der Waals surface area contributed by atoms with Gasteiger partial charge in [-0.1, -0.05) is 0 Å². The summed E-state index contributed by atoms with van der Waals surface area (Å²) in [4.78, 5) is 0. The number of piperazine rings is 1. The molecule has 0 radical (unpaired) electrons. The molecular weight excluding hydrogens is 242 g/mol. The molecule has 0 spiro atoms. The first-order chi connectivity index (χ1) is 7.63. The predicted octanol–water partition coefficient (Wildman–Crippen LogP) is -0.301. The van der Waals surface area contributed by atoms with Gasteiger partial charge in [0.2, 0.25) is 0 Å². The Hall–Kier alpha value is 0.155. The van der Waals surface area contributed by atoms with E-state index in [0.29, 0.717) is 13.1 Å². The van der Waals surface area contributed by atoms with Crippen LogP contribution < -0.4 is 10.6 Å². The number of hydrogen-bond donors (Lipinski definition) is 4. The van der Waals surface area contributed by atoms with E-state index < -0.39 is 18.3 Å². The fourth-order valence-electron chi connectivity index (χ4n) is 1.38. The maximum absolute atomic E-state index is 9.98. The molecule has 0 aromatic rings. The minimum atomic E-state index is -1.04. The number of halogens is 1. The molecule has 0 aliphatic carbocycles. The van der Waals surface area contributed by atoms with E-state index in [9.17, 15) is 10.1 Å². The van der Waals surface area contributed by atoms with Gasteiger partial charge in [0.05, 0.1) is 22.6 Å². The van der Waals surface area contributed by atoms with Crippen LogP contribution in [-0.2, 0) is 4.65 Å². The highest BCUT2D eigenvalue weighted by Gasteiger charge is 2.42. The van der Waals surface area contributed by atoms with Gasteiger partial charge in [0, 0.05) is 13.1 Å². The number of nitrogens with one attached hydrogen (secondary N) is 2. The maximum atomic E-state index is 9.98. The molecule has 1 aliphatic rings. The minimum absolute atomic E-state index is 0.124. The molecule has 0 aromatic heterocycles. The lowest BCUT2D eigenvalue weighted by Crippen LogP contribution is -2.62. The van der Waals surface area contributed by atoms with Crippen molar-refractivity contribution < 1.29 is 14.8 Å². The Morgan fingerprint density at radius 2 is 1.82 bits per heavy atom. The van der Waals surface area contributed by atoms with Crippen molar-refractivity contribution in [3.63, 3.8) is 0 Å². The Labute approximate surface area is 108 Å². The molecule has 7 heteroatoms. The predicted molar refractivity (Wildman–Crippen MR) is 68.9 cm³/mol. The third-order valence-electron chi connectivity index (χ3n) is 3.35. The summed E-state index contributed by atoms with van der Waals surface area (Å²) in [5.41, 5.74) is -2.00. The quantitative estimate of drug-likeness (QED) is 0.319. The largest absolute Gasteiger partial charge is 0.474 e. The number of rotatable bonds is 4. The van der Waals surface area contributed by atoms with Crippen molar-refractivity contribution in [1.29, 1.82) is 0 Å². The van der Waals surface area contributed by atoms with Crippen molar-refractivity contribution in [3.05, 3.63) is 0 Å². The second-order valence-electron chi connectivity index (χ2n) is 5.47. The molecule has 17 heavy (non-hydrogen) atoms. The van der Waals surface area contributed by atoms with Crippen LogP contribution in [0.2, 0.25) is 0 Å². The van der Waals surface area contributed by atoms with Crippen molar-refractivity contribution in [2.75, 3.05) is 13.1 Å². The molecule has 4 N–H and O–H groups in total.